The van der Waals surface area contributed by atoms with E-state index in [-0.39, 0.29) is 30.7 Å². The summed E-state index contributed by atoms with van der Waals surface area (Å²) in [6, 6.07) is 9.25. The molecular formula is C19H23BrN4O4S. The van der Waals surface area contributed by atoms with Gasteiger partial charge >= 0.3 is 0 Å². The standard InChI is InChI=1S/C19H23BrN4O4S/c1-12(2)14-6-4-5-7-15(14)19(10-24(11-19)29(21,26)27)18(25)23-17-16(28-3)8-13(20)9-22-17/h4-9,12H,10-11H2,1-3H3,(H2,21,26,27)(H,22,23,25). The fourth-order valence-electron chi connectivity index (χ4n) is 3.51. The van der Waals surface area contributed by atoms with Crippen LogP contribution >= 0.6 is 15.9 Å². The minimum atomic E-state index is -3.90. The molecular weight excluding hydrogens is 460 g/mol. The number of nitrogens with one attached hydrogen (secondary N) is 1. The third-order valence-electron chi connectivity index (χ3n) is 5.06. The van der Waals surface area contributed by atoms with E-state index in [0.29, 0.717) is 10.2 Å². The number of halogens is 1. The molecule has 0 bridgehead atoms. The van der Waals surface area contributed by atoms with Crippen LogP contribution in [0.3, 0.4) is 0 Å². The Morgan fingerprint density at radius 2 is 2.00 bits per heavy atom. The molecule has 1 fully saturated rings. The molecule has 0 unspecified atom stereocenters. The summed E-state index contributed by atoms with van der Waals surface area (Å²) in [5.41, 5.74) is 0.684. The van der Waals surface area contributed by atoms with Crippen LogP contribution in [0.15, 0.2) is 41.0 Å². The molecule has 3 rings (SSSR count). The quantitative estimate of drug-likeness (QED) is 0.655. The van der Waals surface area contributed by atoms with Crippen LogP contribution in [-0.2, 0) is 20.4 Å². The zero-order valence-electron chi connectivity index (χ0n) is 16.3. The van der Waals surface area contributed by atoms with Crippen LogP contribution < -0.4 is 15.2 Å². The van der Waals surface area contributed by atoms with Crippen molar-refractivity contribution in [2.24, 2.45) is 5.14 Å². The molecule has 2 heterocycles. The highest BCUT2D eigenvalue weighted by Gasteiger charge is 2.55. The average Bonchev–Trinajstić information content (AvgIpc) is 2.61. The molecule has 10 heteroatoms. The number of ether oxygens (including phenoxy) is 1. The Kier molecular flexibility index (Phi) is 6.00. The molecule has 0 atom stereocenters. The van der Waals surface area contributed by atoms with E-state index in [1.807, 2.05) is 38.1 Å². The molecule has 3 N–H and O–H groups in total. The van der Waals surface area contributed by atoms with Gasteiger partial charge in [0.1, 0.15) is 5.41 Å². The molecule has 1 saturated heterocycles. The number of nitrogens with two attached hydrogens (primary N) is 1. The summed E-state index contributed by atoms with van der Waals surface area (Å²) in [6.45, 7) is 3.97. The molecule has 1 amide bonds. The zero-order valence-corrected chi connectivity index (χ0v) is 18.7. The summed E-state index contributed by atoms with van der Waals surface area (Å²) in [4.78, 5) is 17.7. The number of hydrogen-bond acceptors (Lipinski definition) is 5. The highest BCUT2D eigenvalue weighted by Crippen LogP contribution is 2.41. The molecule has 1 aliphatic heterocycles. The number of pyridine rings is 1. The zero-order chi connectivity index (χ0) is 21.4. The second-order valence-corrected chi connectivity index (χ2v) is 9.76. The Balaban J connectivity index is 2.03. The smallest absolute Gasteiger partial charge is 0.276 e. The van der Waals surface area contributed by atoms with E-state index < -0.39 is 15.6 Å². The number of anilines is 1. The molecule has 1 aliphatic rings. The van der Waals surface area contributed by atoms with Crippen molar-refractivity contribution in [2.45, 2.75) is 25.2 Å². The Bertz CT molecular complexity index is 1040. The Morgan fingerprint density at radius 1 is 1.34 bits per heavy atom. The maximum absolute atomic E-state index is 13.4. The average molecular weight is 483 g/mol. The Morgan fingerprint density at radius 3 is 2.59 bits per heavy atom. The van der Waals surface area contributed by atoms with Crippen molar-refractivity contribution in [3.63, 3.8) is 0 Å². The fourth-order valence-corrected chi connectivity index (χ4v) is 4.62. The SMILES string of the molecule is COc1cc(Br)cnc1NC(=O)C1(c2ccccc2C(C)C)CN(S(N)(=O)=O)C1. The van der Waals surface area contributed by atoms with Crippen LogP contribution in [0, 0.1) is 0 Å². The number of amides is 1. The maximum atomic E-state index is 13.4. The summed E-state index contributed by atoms with van der Waals surface area (Å²) in [6.07, 6.45) is 1.55. The predicted molar refractivity (Wildman–Crippen MR) is 114 cm³/mol. The van der Waals surface area contributed by atoms with Gasteiger partial charge in [-0.25, -0.2) is 10.1 Å². The van der Waals surface area contributed by atoms with Gasteiger partial charge in [-0.3, -0.25) is 4.79 Å². The van der Waals surface area contributed by atoms with Gasteiger partial charge in [0, 0.05) is 23.8 Å². The molecule has 1 aromatic carbocycles. The minimum absolute atomic E-state index is 0.0414. The van der Waals surface area contributed by atoms with Gasteiger partial charge in [0.2, 0.25) is 5.91 Å². The second-order valence-electron chi connectivity index (χ2n) is 7.30. The van der Waals surface area contributed by atoms with E-state index in [1.165, 1.54) is 7.11 Å². The first-order valence-electron chi connectivity index (χ1n) is 8.97. The van der Waals surface area contributed by atoms with Crippen LogP contribution in [0.1, 0.15) is 30.9 Å². The number of aromatic nitrogens is 1. The van der Waals surface area contributed by atoms with Crippen LogP contribution in [0.25, 0.3) is 0 Å². The first-order valence-corrected chi connectivity index (χ1v) is 11.3. The third-order valence-corrected chi connectivity index (χ3v) is 6.47. The lowest BCUT2D eigenvalue weighted by Gasteiger charge is -2.48. The second kappa shape index (κ2) is 8.02. The third kappa shape index (κ3) is 4.16. The van der Waals surface area contributed by atoms with E-state index >= 15 is 0 Å². The summed E-state index contributed by atoms with van der Waals surface area (Å²) >= 11 is 3.32. The highest BCUT2D eigenvalue weighted by molar-refractivity contribution is 9.10. The van der Waals surface area contributed by atoms with Gasteiger partial charge < -0.3 is 10.1 Å². The lowest BCUT2D eigenvalue weighted by atomic mass is 9.71. The van der Waals surface area contributed by atoms with Gasteiger partial charge in [-0.1, -0.05) is 38.1 Å². The molecule has 0 saturated carbocycles. The van der Waals surface area contributed by atoms with E-state index in [0.717, 1.165) is 15.4 Å². The number of rotatable bonds is 6. The molecule has 156 valence electrons. The largest absolute Gasteiger partial charge is 0.493 e. The van der Waals surface area contributed by atoms with Gasteiger partial charge in [-0.15, -0.1) is 0 Å². The Hall–Kier alpha value is -2.01. The van der Waals surface area contributed by atoms with Crippen molar-refractivity contribution in [1.29, 1.82) is 0 Å². The van der Waals surface area contributed by atoms with E-state index in [2.05, 4.69) is 26.2 Å². The van der Waals surface area contributed by atoms with Crippen LogP contribution in [-0.4, -0.2) is 43.8 Å². The molecule has 2 aromatic rings. The number of nitrogens with zero attached hydrogens (tertiary/aromatic N) is 2. The summed E-state index contributed by atoms with van der Waals surface area (Å²) in [5, 5.41) is 8.09. The molecule has 0 radical (unpaired) electrons. The number of hydrogen-bond donors (Lipinski definition) is 2. The molecule has 0 aliphatic carbocycles. The Labute approximate surface area is 178 Å². The summed E-state index contributed by atoms with van der Waals surface area (Å²) in [7, 11) is -2.42. The molecule has 29 heavy (non-hydrogen) atoms. The lowest BCUT2D eigenvalue weighted by molar-refractivity contribution is -0.125. The maximum Gasteiger partial charge on any atom is 0.276 e. The van der Waals surface area contributed by atoms with Gasteiger partial charge in [-0.2, -0.15) is 12.7 Å². The molecule has 0 spiro atoms. The number of carbonyl (C=O) groups excluding carboxylic acids is 1. The summed E-state index contributed by atoms with van der Waals surface area (Å²) < 4.78 is 30.7. The number of benzene rings is 1. The normalized spacial score (nSPS) is 16.3. The van der Waals surface area contributed by atoms with Crippen molar-refractivity contribution in [3.8, 4) is 5.75 Å². The number of carbonyl (C=O) groups is 1. The first kappa shape index (κ1) is 21.7. The summed E-state index contributed by atoms with van der Waals surface area (Å²) in [5.74, 6) is 0.442. The van der Waals surface area contributed by atoms with Gasteiger partial charge in [0.25, 0.3) is 10.2 Å². The topological polar surface area (TPSA) is 115 Å². The highest BCUT2D eigenvalue weighted by atomic mass is 79.9. The van der Waals surface area contributed by atoms with Gasteiger partial charge in [0.05, 0.1) is 7.11 Å². The minimum Gasteiger partial charge on any atom is -0.493 e. The van der Waals surface area contributed by atoms with Crippen molar-refractivity contribution >= 4 is 37.9 Å². The fraction of sp³-hybridized carbons (Fsp3) is 0.368. The van der Waals surface area contributed by atoms with Crippen LogP contribution in [0.5, 0.6) is 5.75 Å². The number of methoxy groups -OCH3 is 1. The first-order chi connectivity index (χ1) is 13.6. The van der Waals surface area contributed by atoms with Crippen molar-refractivity contribution in [1.82, 2.24) is 9.29 Å². The van der Waals surface area contributed by atoms with E-state index in [9.17, 15) is 13.2 Å². The van der Waals surface area contributed by atoms with E-state index in [1.54, 1.807) is 12.3 Å². The predicted octanol–water partition coefficient (Wildman–Crippen LogP) is 2.37. The van der Waals surface area contributed by atoms with Crippen molar-refractivity contribution in [2.75, 3.05) is 25.5 Å². The van der Waals surface area contributed by atoms with E-state index in [4.69, 9.17) is 9.88 Å². The molecule has 1 aromatic heterocycles. The van der Waals surface area contributed by atoms with Crippen LogP contribution in [0.4, 0.5) is 5.82 Å². The van der Waals surface area contributed by atoms with Crippen molar-refractivity contribution in [3.05, 3.63) is 52.1 Å². The van der Waals surface area contributed by atoms with Crippen LogP contribution in [0.2, 0.25) is 0 Å². The monoisotopic (exact) mass is 482 g/mol. The molecule has 8 nitrogen and oxygen atoms in total. The van der Waals surface area contributed by atoms with Crippen molar-refractivity contribution < 1.29 is 17.9 Å². The lowest BCUT2D eigenvalue weighted by Crippen LogP contribution is -2.67. The van der Waals surface area contributed by atoms with Gasteiger partial charge in [-0.05, 0) is 39.0 Å². The van der Waals surface area contributed by atoms with Gasteiger partial charge in [0.15, 0.2) is 11.6 Å².